The lowest BCUT2D eigenvalue weighted by atomic mass is 10.3. The third kappa shape index (κ3) is 8.83. The third-order valence-electron chi connectivity index (χ3n) is 3.01. The van der Waals surface area contributed by atoms with Crippen LogP contribution in [0.5, 0.6) is 5.75 Å². The predicted octanol–water partition coefficient (Wildman–Crippen LogP) is 2.74. The molecule has 136 valence electrons. The van der Waals surface area contributed by atoms with Gasteiger partial charge in [0.15, 0.2) is 6.10 Å². The SMILES string of the molecule is CC/C=C\C(=C/CCN)OC(=O)C(C)OCC(=O)Oc1ccccc1. The zero-order valence-corrected chi connectivity index (χ0v) is 14.6. The minimum Gasteiger partial charge on any atom is -0.425 e. The van der Waals surface area contributed by atoms with Crippen LogP contribution in [0.4, 0.5) is 0 Å². The first-order valence-corrected chi connectivity index (χ1v) is 8.22. The number of ether oxygens (including phenoxy) is 3. The van der Waals surface area contributed by atoms with Crippen LogP contribution in [-0.4, -0.2) is 31.2 Å². The molecular weight excluding hydrogens is 322 g/mol. The van der Waals surface area contributed by atoms with Crippen LogP contribution < -0.4 is 10.5 Å². The number of rotatable bonds is 10. The van der Waals surface area contributed by atoms with E-state index < -0.39 is 18.0 Å². The summed E-state index contributed by atoms with van der Waals surface area (Å²) in [5, 5.41) is 0. The fourth-order valence-corrected chi connectivity index (χ4v) is 1.71. The maximum atomic E-state index is 12.0. The van der Waals surface area contributed by atoms with Crippen LogP contribution in [0.15, 0.2) is 54.3 Å². The second-order valence-electron chi connectivity index (χ2n) is 5.16. The summed E-state index contributed by atoms with van der Waals surface area (Å²) in [5.74, 6) is -0.338. The maximum Gasteiger partial charge on any atom is 0.340 e. The second kappa shape index (κ2) is 12.0. The lowest BCUT2D eigenvalue weighted by Gasteiger charge is -2.12. The van der Waals surface area contributed by atoms with Gasteiger partial charge in [-0.2, -0.15) is 0 Å². The highest BCUT2D eigenvalue weighted by atomic mass is 16.6. The van der Waals surface area contributed by atoms with Crippen molar-refractivity contribution in [2.24, 2.45) is 5.73 Å². The zero-order valence-electron chi connectivity index (χ0n) is 14.6. The van der Waals surface area contributed by atoms with Crippen LogP contribution in [0, 0.1) is 0 Å². The van der Waals surface area contributed by atoms with Crippen molar-refractivity contribution in [1.29, 1.82) is 0 Å². The minimum absolute atomic E-state index is 0.349. The Bertz CT molecular complexity index is 595. The Morgan fingerprint density at radius 2 is 1.96 bits per heavy atom. The summed E-state index contributed by atoms with van der Waals surface area (Å²) in [4.78, 5) is 23.8. The quantitative estimate of drug-likeness (QED) is 0.303. The van der Waals surface area contributed by atoms with Gasteiger partial charge in [-0.15, -0.1) is 0 Å². The van der Waals surface area contributed by atoms with Crippen LogP contribution in [0.3, 0.4) is 0 Å². The van der Waals surface area contributed by atoms with Gasteiger partial charge in [0.1, 0.15) is 18.1 Å². The van der Waals surface area contributed by atoms with Gasteiger partial charge in [0.25, 0.3) is 0 Å². The predicted molar refractivity (Wildman–Crippen MR) is 94.8 cm³/mol. The fraction of sp³-hybridized carbons (Fsp3) is 0.368. The molecule has 0 aliphatic carbocycles. The van der Waals surface area contributed by atoms with E-state index in [0.717, 1.165) is 6.42 Å². The van der Waals surface area contributed by atoms with Gasteiger partial charge < -0.3 is 19.9 Å². The maximum absolute atomic E-state index is 12.0. The van der Waals surface area contributed by atoms with Crippen LogP contribution >= 0.6 is 0 Å². The second-order valence-corrected chi connectivity index (χ2v) is 5.16. The standard InChI is InChI=1S/C19H25NO5/c1-3-4-9-17(12-8-13-20)25-19(22)15(2)23-14-18(21)24-16-10-6-5-7-11-16/h4-7,9-12,15H,3,8,13-14,20H2,1-2H3/b9-4-,17-12+. The third-order valence-corrected chi connectivity index (χ3v) is 3.01. The number of allylic oxidation sites excluding steroid dienone is 2. The Balaban J connectivity index is 2.46. The van der Waals surface area contributed by atoms with Gasteiger partial charge in [0.05, 0.1) is 0 Å². The molecule has 0 saturated heterocycles. The molecule has 1 atom stereocenters. The highest BCUT2D eigenvalue weighted by molar-refractivity contribution is 5.77. The van der Waals surface area contributed by atoms with Crippen molar-refractivity contribution in [3.05, 3.63) is 54.3 Å². The molecule has 0 aliphatic heterocycles. The van der Waals surface area contributed by atoms with E-state index in [0.29, 0.717) is 24.5 Å². The molecule has 6 nitrogen and oxygen atoms in total. The van der Waals surface area contributed by atoms with Crippen molar-refractivity contribution in [3.8, 4) is 5.75 Å². The summed E-state index contributed by atoms with van der Waals surface area (Å²) >= 11 is 0. The van der Waals surface area contributed by atoms with Crippen molar-refractivity contribution >= 4 is 11.9 Å². The number of hydrogen-bond acceptors (Lipinski definition) is 6. The van der Waals surface area contributed by atoms with Gasteiger partial charge in [-0.05, 0) is 50.6 Å². The molecule has 1 rings (SSSR count). The van der Waals surface area contributed by atoms with Crippen LogP contribution in [0.2, 0.25) is 0 Å². The Hall–Kier alpha value is -2.44. The van der Waals surface area contributed by atoms with Gasteiger partial charge in [0.2, 0.25) is 0 Å². The molecule has 2 N–H and O–H groups in total. The number of esters is 2. The van der Waals surface area contributed by atoms with Crippen molar-refractivity contribution < 1.29 is 23.8 Å². The van der Waals surface area contributed by atoms with Gasteiger partial charge in [-0.3, -0.25) is 0 Å². The van der Waals surface area contributed by atoms with E-state index in [-0.39, 0.29) is 6.61 Å². The molecule has 1 unspecified atom stereocenters. The number of carbonyl (C=O) groups excluding carboxylic acids is 2. The Kier molecular flexibility index (Phi) is 9.89. The molecule has 1 aromatic carbocycles. The molecule has 0 saturated carbocycles. The van der Waals surface area contributed by atoms with E-state index in [1.54, 1.807) is 36.4 Å². The van der Waals surface area contributed by atoms with Crippen molar-refractivity contribution in [1.82, 2.24) is 0 Å². The summed E-state index contributed by atoms with van der Waals surface area (Å²) in [6, 6.07) is 8.63. The van der Waals surface area contributed by atoms with Crippen LogP contribution in [0.1, 0.15) is 26.7 Å². The number of nitrogens with two attached hydrogens (primary N) is 1. The fourth-order valence-electron chi connectivity index (χ4n) is 1.71. The monoisotopic (exact) mass is 347 g/mol. The minimum atomic E-state index is -0.903. The summed E-state index contributed by atoms with van der Waals surface area (Å²) in [5.41, 5.74) is 5.46. The molecule has 0 radical (unpaired) electrons. The highest BCUT2D eigenvalue weighted by Gasteiger charge is 2.18. The van der Waals surface area contributed by atoms with E-state index in [1.807, 2.05) is 19.1 Å². The first kappa shape index (κ1) is 20.6. The molecule has 0 aliphatic rings. The molecule has 6 heteroatoms. The average Bonchev–Trinajstić information content (AvgIpc) is 2.62. The van der Waals surface area contributed by atoms with E-state index in [4.69, 9.17) is 19.9 Å². The summed E-state index contributed by atoms with van der Waals surface area (Å²) in [7, 11) is 0. The molecule has 0 aromatic heterocycles. The summed E-state index contributed by atoms with van der Waals surface area (Å²) in [6.45, 7) is 3.60. The first-order chi connectivity index (χ1) is 12.1. The van der Waals surface area contributed by atoms with Gasteiger partial charge in [-0.1, -0.05) is 31.2 Å². The van der Waals surface area contributed by atoms with Gasteiger partial charge >= 0.3 is 11.9 Å². The van der Waals surface area contributed by atoms with E-state index in [1.165, 1.54) is 6.92 Å². The molecule has 1 aromatic rings. The first-order valence-electron chi connectivity index (χ1n) is 8.22. The summed E-state index contributed by atoms with van der Waals surface area (Å²) < 4.78 is 15.6. The number of benzene rings is 1. The molecule has 0 heterocycles. The summed E-state index contributed by atoms with van der Waals surface area (Å²) in [6.07, 6.45) is 5.83. The average molecular weight is 347 g/mol. The highest BCUT2D eigenvalue weighted by Crippen LogP contribution is 2.09. The van der Waals surface area contributed by atoms with E-state index >= 15 is 0 Å². The molecule has 0 bridgehead atoms. The largest absolute Gasteiger partial charge is 0.425 e. The normalized spacial score (nSPS) is 12.8. The molecular formula is C19H25NO5. The lowest BCUT2D eigenvalue weighted by molar-refractivity contribution is -0.155. The molecule has 0 fully saturated rings. The molecule has 0 spiro atoms. The smallest absolute Gasteiger partial charge is 0.340 e. The Morgan fingerprint density at radius 3 is 2.60 bits per heavy atom. The lowest BCUT2D eigenvalue weighted by Crippen LogP contribution is -2.27. The zero-order chi connectivity index (χ0) is 18.5. The number of para-hydroxylation sites is 1. The molecule has 25 heavy (non-hydrogen) atoms. The Morgan fingerprint density at radius 1 is 1.24 bits per heavy atom. The van der Waals surface area contributed by atoms with E-state index in [9.17, 15) is 9.59 Å². The molecule has 0 amide bonds. The van der Waals surface area contributed by atoms with E-state index in [2.05, 4.69) is 0 Å². The van der Waals surface area contributed by atoms with Gasteiger partial charge in [-0.25, -0.2) is 9.59 Å². The number of carbonyl (C=O) groups is 2. The number of hydrogen-bond donors (Lipinski definition) is 1. The van der Waals surface area contributed by atoms with Crippen LogP contribution in [-0.2, 0) is 19.1 Å². The van der Waals surface area contributed by atoms with Crippen molar-refractivity contribution in [2.45, 2.75) is 32.8 Å². The topological polar surface area (TPSA) is 87.9 Å². The van der Waals surface area contributed by atoms with Crippen LogP contribution in [0.25, 0.3) is 0 Å². The Labute approximate surface area is 148 Å². The van der Waals surface area contributed by atoms with Gasteiger partial charge in [0, 0.05) is 0 Å². The van der Waals surface area contributed by atoms with Crippen molar-refractivity contribution in [2.75, 3.05) is 13.2 Å². The van der Waals surface area contributed by atoms with Crippen molar-refractivity contribution in [3.63, 3.8) is 0 Å².